The van der Waals surface area contributed by atoms with Crippen LogP contribution in [0.4, 0.5) is 0 Å². The first-order valence-electron chi connectivity index (χ1n) is 11.5. The molecule has 0 N–H and O–H groups in total. The first kappa shape index (κ1) is 26.4. The van der Waals surface area contributed by atoms with Gasteiger partial charge in [0.1, 0.15) is 6.07 Å². The maximum Gasteiger partial charge on any atom is 0.307 e. The third-order valence-corrected chi connectivity index (χ3v) is 4.96. The minimum Gasteiger partial charge on any atom is -0.442 e. The van der Waals surface area contributed by atoms with Crippen molar-refractivity contribution in [2.24, 2.45) is 0 Å². The smallest absolute Gasteiger partial charge is 0.307 e. The second-order valence-corrected chi connectivity index (χ2v) is 7.89. The van der Waals surface area contributed by atoms with Gasteiger partial charge >= 0.3 is 5.97 Å². The number of rotatable bonds is 19. The molecule has 0 heterocycles. The van der Waals surface area contributed by atoms with Gasteiger partial charge in [-0.2, -0.15) is 5.26 Å². The van der Waals surface area contributed by atoms with Crippen LogP contribution in [0, 0.1) is 11.3 Å². The lowest BCUT2D eigenvalue weighted by Gasteiger charge is -2.10. The second-order valence-electron chi connectivity index (χ2n) is 7.89. The molecule has 28 heavy (non-hydrogen) atoms. The first-order valence-corrected chi connectivity index (χ1v) is 11.5. The molecule has 0 radical (unpaired) electrons. The topological polar surface area (TPSA) is 50.1 Å². The summed E-state index contributed by atoms with van der Waals surface area (Å²) in [4.78, 5) is 11.7. The highest BCUT2D eigenvalue weighted by molar-refractivity contribution is 5.70. The Balaban J connectivity index is 3.33. The van der Waals surface area contributed by atoms with Gasteiger partial charge in [-0.25, -0.2) is 0 Å². The Bertz CT molecular complexity index is 462. The number of hydrogen-bond donors (Lipinski definition) is 0. The average Bonchev–Trinajstić information content (AvgIpc) is 2.68. The van der Waals surface area contributed by atoms with Crippen molar-refractivity contribution in [1.29, 1.82) is 5.26 Å². The molecular formula is C25H43NO2. The fraction of sp³-hybridized carbons (Fsp3) is 0.760. The molecule has 0 saturated carbocycles. The van der Waals surface area contributed by atoms with Gasteiger partial charge < -0.3 is 4.74 Å². The van der Waals surface area contributed by atoms with Crippen LogP contribution in [0.2, 0.25) is 0 Å². The van der Waals surface area contributed by atoms with E-state index in [9.17, 15) is 4.79 Å². The lowest BCUT2D eigenvalue weighted by molar-refractivity contribution is -0.145. The lowest BCUT2D eigenvalue weighted by Crippen LogP contribution is -2.16. The summed E-state index contributed by atoms with van der Waals surface area (Å²) in [5.74, 6) is -0.290. The van der Waals surface area contributed by atoms with Crippen LogP contribution in [-0.4, -0.2) is 12.1 Å². The van der Waals surface area contributed by atoms with E-state index in [-0.39, 0.29) is 5.97 Å². The molecule has 0 aliphatic carbocycles. The normalized spacial score (nSPS) is 12.0. The summed E-state index contributed by atoms with van der Waals surface area (Å²) in [6.45, 7) is 7.62. The molecule has 0 aromatic carbocycles. The molecular weight excluding hydrogens is 346 g/mol. The molecule has 1 atom stereocenters. The zero-order valence-electron chi connectivity index (χ0n) is 18.5. The van der Waals surface area contributed by atoms with Crippen molar-refractivity contribution in [1.82, 2.24) is 0 Å². The van der Waals surface area contributed by atoms with Gasteiger partial charge in [0, 0.05) is 6.42 Å². The number of allylic oxidation sites excluding steroid dienone is 2. The van der Waals surface area contributed by atoms with E-state index in [4.69, 9.17) is 10.00 Å². The van der Waals surface area contributed by atoms with Crippen molar-refractivity contribution in [2.45, 2.75) is 123 Å². The third-order valence-electron chi connectivity index (χ3n) is 4.96. The Hall–Kier alpha value is -1.56. The van der Waals surface area contributed by atoms with Crippen LogP contribution in [0.3, 0.4) is 0 Å². The monoisotopic (exact) mass is 389 g/mol. The van der Waals surface area contributed by atoms with Gasteiger partial charge in [0.05, 0.1) is 0 Å². The zero-order chi connectivity index (χ0) is 20.9. The third kappa shape index (κ3) is 17.8. The molecule has 0 rings (SSSR count). The molecule has 0 fully saturated rings. The SMILES string of the molecule is C=C(C)C(C#N)OC(=O)CCCCCCCCC/C=C\CCCCCCCC. The summed E-state index contributed by atoms with van der Waals surface area (Å²) in [7, 11) is 0. The van der Waals surface area contributed by atoms with Gasteiger partial charge in [0.15, 0.2) is 0 Å². The van der Waals surface area contributed by atoms with Crippen LogP contribution in [0.1, 0.15) is 117 Å². The lowest BCUT2D eigenvalue weighted by atomic mass is 10.1. The maximum atomic E-state index is 11.7. The van der Waals surface area contributed by atoms with Crippen LogP contribution in [0.5, 0.6) is 0 Å². The van der Waals surface area contributed by atoms with E-state index in [0.29, 0.717) is 12.0 Å². The number of nitrogens with zero attached hydrogens (tertiary/aromatic N) is 1. The van der Waals surface area contributed by atoms with Gasteiger partial charge in [0.2, 0.25) is 6.10 Å². The van der Waals surface area contributed by atoms with Gasteiger partial charge in [0.25, 0.3) is 0 Å². The summed E-state index contributed by atoms with van der Waals surface area (Å²) in [5.41, 5.74) is 0.577. The van der Waals surface area contributed by atoms with Crippen molar-refractivity contribution in [3.63, 3.8) is 0 Å². The second kappa shape index (κ2) is 20.2. The molecule has 0 aromatic heterocycles. The predicted molar refractivity (Wildman–Crippen MR) is 119 cm³/mol. The summed E-state index contributed by atoms with van der Waals surface area (Å²) in [6.07, 6.45) is 23.2. The van der Waals surface area contributed by atoms with E-state index in [0.717, 1.165) is 12.8 Å². The summed E-state index contributed by atoms with van der Waals surface area (Å²) in [6, 6.07) is 1.94. The number of unbranched alkanes of at least 4 members (excludes halogenated alkanes) is 13. The molecule has 160 valence electrons. The average molecular weight is 390 g/mol. The Labute approximate surface area is 174 Å². The van der Waals surface area contributed by atoms with Gasteiger partial charge in [-0.05, 0) is 44.6 Å². The number of ether oxygens (including phenoxy) is 1. The van der Waals surface area contributed by atoms with Gasteiger partial charge in [-0.3, -0.25) is 4.79 Å². The van der Waals surface area contributed by atoms with Crippen molar-refractivity contribution < 1.29 is 9.53 Å². The van der Waals surface area contributed by atoms with Crippen LogP contribution in [0.25, 0.3) is 0 Å². The fourth-order valence-corrected chi connectivity index (χ4v) is 3.12. The molecule has 1 unspecified atom stereocenters. The molecule has 0 aliphatic rings. The Morgan fingerprint density at radius 3 is 1.82 bits per heavy atom. The molecule has 0 saturated heterocycles. The number of hydrogen-bond acceptors (Lipinski definition) is 3. The Morgan fingerprint density at radius 1 is 0.893 bits per heavy atom. The van der Waals surface area contributed by atoms with E-state index in [1.807, 2.05) is 6.07 Å². The number of esters is 1. The minimum absolute atomic E-state index is 0.290. The van der Waals surface area contributed by atoms with Crippen LogP contribution in [-0.2, 0) is 9.53 Å². The van der Waals surface area contributed by atoms with Crippen molar-refractivity contribution in [2.75, 3.05) is 0 Å². The molecule has 3 heteroatoms. The number of carbonyl (C=O) groups is 1. The van der Waals surface area contributed by atoms with E-state index >= 15 is 0 Å². The summed E-state index contributed by atoms with van der Waals surface area (Å²) >= 11 is 0. The Kier molecular flexibility index (Phi) is 19.1. The molecule has 0 bridgehead atoms. The highest BCUT2D eigenvalue weighted by Gasteiger charge is 2.13. The number of nitriles is 1. The Morgan fingerprint density at radius 2 is 1.36 bits per heavy atom. The molecule has 0 aromatic rings. The van der Waals surface area contributed by atoms with Crippen LogP contribution >= 0.6 is 0 Å². The zero-order valence-corrected chi connectivity index (χ0v) is 18.5. The number of carbonyl (C=O) groups excluding carboxylic acids is 1. The quantitative estimate of drug-likeness (QED) is 0.128. The van der Waals surface area contributed by atoms with E-state index in [1.165, 1.54) is 83.5 Å². The summed E-state index contributed by atoms with van der Waals surface area (Å²) in [5, 5.41) is 8.87. The van der Waals surface area contributed by atoms with E-state index in [2.05, 4.69) is 25.7 Å². The van der Waals surface area contributed by atoms with Gasteiger partial charge in [-0.15, -0.1) is 0 Å². The highest BCUT2D eigenvalue weighted by atomic mass is 16.5. The summed E-state index contributed by atoms with van der Waals surface area (Å²) < 4.78 is 5.08. The highest BCUT2D eigenvalue weighted by Crippen LogP contribution is 2.12. The largest absolute Gasteiger partial charge is 0.442 e. The first-order chi connectivity index (χ1) is 13.6. The minimum atomic E-state index is -0.799. The van der Waals surface area contributed by atoms with E-state index < -0.39 is 6.10 Å². The maximum absolute atomic E-state index is 11.7. The van der Waals surface area contributed by atoms with E-state index in [1.54, 1.807) is 6.92 Å². The van der Waals surface area contributed by atoms with Crippen molar-refractivity contribution in [3.05, 3.63) is 24.3 Å². The standard InChI is InChI=1S/C25H43NO2/c1-4-5-6-7-8-9-10-11-12-13-14-15-16-17-18-19-20-21-25(27)28-24(22-26)23(2)3/h11-12,24H,2,4-10,13-21H2,1,3H3/b12-11-. The van der Waals surface area contributed by atoms with Crippen LogP contribution < -0.4 is 0 Å². The molecule has 0 aliphatic heterocycles. The predicted octanol–water partition coefficient (Wildman–Crippen LogP) is 7.82. The van der Waals surface area contributed by atoms with Crippen molar-refractivity contribution in [3.8, 4) is 6.07 Å². The van der Waals surface area contributed by atoms with Gasteiger partial charge in [-0.1, -0.05) is 89.9 Å². The fourth-order valence-electron chi connectivity index (χ4n) is 3.12. The van der Waals surface area contributed by atoms with Crippen LogP contribution in [0.15, 0.2) is 24.3 Å². The van der Waals surface area contributed by atoms with Crippen molar-refractivity contribution >= 4 is 5.97 Å². The molecule has 0 amide bonds. The molecule has 0 spiro atoms. The molecule has 3 nitrogen and oxygen atoms in total.